The number of carbonyl (C=O) groups is 2. The highest BCUT2D eigenvalue weighted by atomic mass is 16.6. The largest absolute Gasteiger partial charge is 0.492 e. The minimum absolute atomic E-state index is 0.00904. The number of aromatic nitrogens is 2. The van der Waals surface area contributed by atoms with Gasteiger partial charge in [-0.15, -0.1) is 0 Å². The molecule has 160 valence electrons. The molecule has 0 radical (unpaired) electrons. The summed E-state index contributed by atoms with van der Waals surface area (Å²) in [6, 6.07) is 12.8. The van der Waals surface area contributed by atoms with Crippen LogP contribution in [-0.2, 0) is 9.53 Å². The van der Waals surface area contributed by atoms with E-state index in [-0.39, 0.29) is 12.6 Å². The standard InChI is InChI=1S/C22H23N5O4/c1-3-30-19-10-16-15(9-17(19)26-21(28)18-11-31-22(29)27-18)20(24-12-23-16)25-13(2)14-7-5-4-6-8-14/h4-10,12-13,18H,3,11H2,1-2H3,(H,26,28)(H,27,29)(H,23,24,25)/t13-,18-/m0/s1. The van der Waals surface area contributed by atoms with Crippen LogP contribution in [-0.4, -0.2) is 41.2 Å². The number of anilines is 2. The lowest BCUT2D eigenvalue weighted by atomic mass is 10.1. The van der Waals surface area contributed by atoms with Crippen molar-refractivity contribution < 1.29 is 19.1 Å². The summed E-state index contributed by atoms with van der Waals surface area (Å²) < 4.78 is 10.5. The zero-order valence-electron chi connectivity index (χ0n) is 17.2. The Bertz CT molecular complexity index is 1110. The number of fused-ring (bicyclic) bond motifs is 1. The normalized spacial score (nSPS) is 16.3. The average molecular weight is 421 g/mol. The van der Waals surface area contributed by atoms with Gasteiger partial charge >= 0.3 is 6.09 Å². The van der Waals surface area contributed by atoms with Gasteiger partial charge in [0.15, 0.2) is 0 Å². The first kappa shape index (κ1) is 20.4. The first-order chi connectivity index (χ1) is 15.0. The van der Waals surface area contributed by atoms with Gasteiger partial charge in [0.05, 0.1) is 17.8 Å². The maximum absolute atomic E-state index is 12.6. The lowest BCUT2D eigenvalue weighted by Crippen LogP contribution is -2.38. The minimum atomic E-state index is -0.764. The van der Waals surface area contributed by atoms with Crippen LogP contribution in [0.3, 0.4) is 0 Å². The predicted octanol–water partition coefficient (Wildman–Crippen LogP) is 3.25. The molecule has 9 heteroatoms. The second-order valence-corrected chi connectivity index (χ2v) is 7.08. The van der Waals surface area contributed by atoms with E-state index in [2.05, 4.69) is 25.9 Å². The van der Waals surface area contributed by atoms with Crippen molar-refractivity contribution in [2.75, 3.05) is 23.8 Å². The molecule has 0 saturated carbocycles. The number of alkyl carbamates (subject to hydrolysis) is 1. The number of hydrogen-bond acceptors (Lipinski definition) is 7. The number of ether oxygens (including phenoxy) is 2. The fraction of sp³-hybridized carbons (Fsp3) is 0.273. The van der Waals surface area contributed by atoms with Gasteiger partial charge in [0.25, 0.3) is 5.91 Å². The van der Waals surface area contributed by atoms with Crippen molar-refractivity contribution in [3.05, 3.63) is 54.4 Å². The third-order valence-corrected chi connectivity index (χ3v) is 4.94. The Labute approximate surface area is 179 Å². The van der Waals surface area contributed by atoms with Crippen molar-refractivity contribution >= 4 is 34.4 Å². The van der Waals surface area contributed by atoms with Crippen LogP contribution in [0.2, 0.25) is 0 Å². The summed E-state index contributed by atoms with van der Waals surface area (Å²) in [7, 11) is 0. The topological polar surface area (TPSA) is 114 Å². The maximum Gasteiger partial charge on any atom is 0.407 e. The molecule has 4 rings (SSSR count). The monoisotopic (exact) mass is 421 g/mol. The number of nitrogens with one attached hydrogen (secondary N) is 3. The minimum Gasteiger partial charge on any atom is -0.492 e. The molecule has 2 heterocycles. The quantitative estimate of drug-likeness (QED) is 0.536. The molecule has 1 aliphatic heterocycles. The SMILES string of the molecule is CCOc1cc2ncnc(N[C@@H](C)c3ccccc3)c2cc1NC(=O)[C@@H]1COC(=O)N1. The Kier molecular flexibility index (Phi) is 5.83. The molecular weight excluding hydrogens is 398 g/mol. The Morgan fingerprint density at radius 2 is 2.10 bits per heavy atom. The number of carbonyl (C=O) groups excluding carboxylic acids is 2. The van der Waals surface area contributed by atoms with Crippen molar-refractivity contribution in [2.45, 2.75) is 25.9 Å². The van der Waals surface area contributed by atoms with Gasteiger partial charge in [-0.1, -0.05) is 30.3 Å². The van der Waals surface area contributed by atoms with Crippen molar-refractivity contribution in [3.8, 4) is 5.75 Å². The Morgan fingerprint density at radius 1 is 1.29 bits per heavy atom. The molecule has 0 aliphatic carbocycles. The fourth-order valence-corrected chi connectivity index (χ4v) is 3.35. The van der Waals surface area contributed by atoms with Crippen LogP contribution < -0.4 is 20.7 Å². The van der Waals surface area contributed by atoms with E-state index in [0.29, 0.717) is 29.4 Å². The van der Waals surface area contributed by atoms with Crippen LogP contribution >= 0.6 is 0 Å². The van der Waals surface area contributed by atoms with Crippen LogP contribution in [0.25, 0.3) is 10.9 Å². The zero-order valence-corrected chi connectivity index (χ0v) is 17.2. The van der Waals surface area contributed by atoms with Gasteiger partial charge in [-0.25, -0.2) is 14.8 Å². The average Bonchev–Trinajstić information content (AvgIpc) is 3.22. The summed E-state index contributed by atoms with van der Waals surface area (Å²) in [6.07, 6.45) is 0.875. The third kappa shape index (κ3) is 4.50. The summed E-state index contributed by atoms with van der Waals surface area (Å²) in [5, 5.41) is 9.43. The van der Waals surface area contributed by atoms with Gasteiger partial charge in [0.1, 0.15) is 30.5 Å². The molecule has 0 unspecified atom stereocenters. The molecule has 3 aromatic rings. The molecule has 2 atom stereocenters. The summed E-state index contributed by atoms with van der Waals surface area (Å²) in [5.41, 5.74) is 2.26. The van der Waals surface area contributed by atoms with Crippen LogP contribution in [0.1, 0.15) is 25.5 Å². The Balaban J connectivity index is 1.66. The van der Waals surface area contributed by atoms with E-state index < -0.39 is 18.0 Å². The smallest absolute Gasteiger partial charge is 0.407 e. The molecule has 1 aliphatic rings. The molecule has 1 aromatic heterocycles. The van der Waals surface area contributed by atoms with Gasteiger partial charge < -0.3 is 25.4 Å². The summed E-state index contributed by atoms with van der Waals surface area (Å²) in [4.78, 5) is 32.6. The van der Waals surface area contributed by atoms with Crippen molar-refractivity contribution in [2.24, 2.45) is 0 Å². The molecule has 31 heavy (non-hydrogen) atoms. The molecule has 0 bridgehead atoms. The molecule has 2 amide bonds. The van der Waals surface area contributed by atoms with E-state index in [1.165, 1.54) is 6.33 Å². The molecule has 2 aromatic carbocycles. The van der Waals surface area contributed by atoms with Gasteiger partial charge in [-0.3, -0.25) is 4.79 Å². The predicted molar refractivity (Wildman–Crippen MR) is 116 cm³/mol. The van der Waals surface area contributed by atoms with Gasteiger partial charge in [-0.2, -0.15) is 0 Å². The molecule has 1 fully saturated rings. The first-order valence-electron chi connectivity index (χ1n) is 10.0. The van der Waals surface area contributed by atoms with Gasteiger partial charge in [0.2, 0.25) is 0 Å². The lowest BCUT2D eigenvalue weighted by molar-refractivity contribution is -0.117. The number of amides is 2. The maximum atomic E-state index is 12.6. The van der Waals surface area contributed by atoms with E-state index in [4.69, 9.17) is 9.47 Å². The summed E-state index contributed by atoms with van der Waals surface area (Å²) in [5.74, 6) is 0.724. The van der Waals surface area contributed by atoms with E-state index in [0.717, 1.165) is 10.9 Å². The van der Waals surface area contributed by atoms with Gasteiger partial charge in [0, 0.05) is 17.5 Å². The molecular formula is C22H23N5O4. The Morgan fingerprint density at radius 3 is 2.81 bits per heavy atom. The highest BCUT2D eigenvalue weighted by Gasteiger charge is 2.29. The zero-order chi connectivity index (χ0) is 21.8. The first-order valence-corrected chi connectivity index (χ1v) is 10.0. The fourth-order valence-electron chi connectivity index (χ4n) is 3.35. The van der Waals surface area contributed by atoms with Crippen LogP contribution in [0.15, 0.2) is 48.8 Å². The van der Waals surface area contributed by atoms with E-state index in [1.54, 1.807) is 12.1 Å². The summed E-state index contributed by atoms with van der Waals surface area (Å²) in [6.45, 7) is 4.30. The van der Waals surface area contributed by atoms with Crippen LogP contribution in [0, 0.1) is 0 Å². The number of cyclic esters (lactones) is 1. The van der Waals surface area contributed by atoms with Crippen molar-refractivity contribution in [1.29, 1.82) is 0 Å². The molecule has 0 spiro atoms. The van der Waals surface area contributed by atoms with Crippen LogP contribution in [0.5, 0.6) is 5.75 Å². The van der Waals surface area contributed by atoms with Crippen molar-refractivity contribution in [3.63, 3.8) is 0 Å². The number of rotatable bonds is 7. The highest BCUT2D eigenvalue weighted by molar-refractivity contribution is 6.02. The van der Waals surface area contributed by atoms with E-state index >= 15 is 0 Å². The summed E-state index contributed by atoms with van der Waals surface area (Å²) >= 11 is 0. The van der Waals surface area contributed by atoms with Crippen LogP contribution in [0.4, 0.5) is 16.3 Å². The number of nitrogens with zero attached hydrogens (tertiary/aromatic N) is 2. The van der Waals surface area contributed by atoms with Gasteiger partial charge in [-0.05, 0) is 25.5 Å². The number of benzene rings is 2. The van der Waals surface area contributed by atoms with Crippen molar-refractivity contribution in [1.82, 2.24) is 15.3 Å². The third-order valence-electron chi connectivity index (χ3n) is 4.94. The molecule has 9 nitrogen and oxygen atoms in total. The van der Waals surface area contributed by atoms with E-state index in [1.807, 2.05) is 44.2 Å². The second kappa shape index (κ2) is 8.86. The lowest BCUT2D eigenvalue weighted by Gasteiger charge is -2.18. The highest BCUT2D eigenvalue weighted by Crippen LogP contribution is 2.33. The van der Waals surface area contributed by atoms with E-state index in [9.17, 15) is 9.59 Å². The molecule has 3 N–H and O–H groups in total. The Hall–Kier alpha value is -3.88. The number of hydrogen-bond donors (Lipinski definition) is 3. The second-order valence-electron chi connectivity index (χ2n) is 7.08. The molecule has 1 saturated heterocycles.